The molecule has 0 unspecified atom stereocenters. The van der Waals surface area contributed by atoms with Gasteiger partial charge in [-0.1, -0.05) is 18.2 Å². The molecule has 0 aliphatic carbocycles. The van der Waals surface area contributed by atoms with Crippen molar-refractivity contribution in [3.05, 3.63) is 34.9 Å². The summed E-state index contributed by atoms with van der Waals surface area (Å²) in [4.78, 5) is 0. The van der Waals surface area contributed by atoms with Crippen molar-refractivity contribution in [2.24, 2.45) is 0 Å². The van der Waals surface area contributed by atoms with E-state index in [2.05, 4.69) is 0 Å². The first-order valence-electron chi connectivity index (χ1n) is 4.65. The summed E-state index contributed by atoms with van der Waals surface area (Å²) in [5, 5.41) is 0. The van der Waals surface area contributed by atoms with Gasteiger partial charge in [0, 0.05) is 10.7 Å². The first-order valence-corrected chi connectivity index (χ1v) is 7.13. The summed E-state index contributed by atoms with van der Waals surface area (Å²) in [7, 11) is 1.75. The van der Waals surface area contributed by atoms with Crippen molar-refractivity contribution >= 4 is 19.7 Å². The van der Waals surface area contributed by atoms with Crippen molar-refractivity contribution in [2.45, 2.75) is 19.6 Å². The third-order valence-electron chi connectivity index (χ3n) is 2.42. The molecule has 0 radical (unpaired) electrons. The Bertz CT molecular complexity index is 468. The van der Waals surface area contributed by atoms with E-state index in [-0.39, 0.29) is 5.75 Å². The molecule has 3 nitrogen and oxygen atoms in total. The third kappa shape index (κ3) is 2.93. The molecule has 0 fully saturated rings. The number of ether oxygens (including phenoxy) is 1. The second-order valence-electron chi connectivity index (χ2n) is 3.59. The van der Waals surface area contributed by atoms with Crippen LogP contribution in [0.5, 0.6) is 0 Å². The van der Waals surface area contributed by atoms with Crippen LogP contribution in [0.4, 0.5) is 0 Å². The van der Waals surface area contributed by atoms with Gasteiger partial charge in [0.25, 0.3) is 0 Å². The average Bonchev–Trinajstić information content (AvgIpc) is 2.60. The van der Waals surface area contributed by atoms with Gasteiger partial charge in [0.1, 0.15) is 0 Å². The summed E-state index contributed by atoms with van der Waals surface area (Å²) in [5.74, 6) is -0.0196. The maximum atomic E-state index is 10.8. The second kappa shape index (κ2) is 4.12. The molecule has 0 saturated heterocycles. The Balaban J connectivity index is 2.10. The van der Waals surface area contributed by atoms with Crippen LogP contribution in [0.3, 0.4) is 0 Å². The average molecular weight is 247 g/mol. The SMILES string of the molecule is O=S(=O)(Cl)CCc1ccc2c(c1)COC2. The monoisotopic (exact) mass is 246 g/mol. The second-order valence-corrected chi connectivity index (χ2v) is 6.49. The van der Waals surface area contributed by atoms with E-state index < -0.39 is 9.05 Å². The van der Waals surface area contributed by atoms with E-state index in [1.54, 1.807) is 0 Å². The molecule has 0 atom stereocenters. The zero-order chi connectivity index (χ0) is 10.9. The number of halogens is 1. The smallest absolute Gasteiger partial charge is 0.232 e. The molecule has 1 aromatic carbocycles. The lowest BCUT2D eigenvalue weighted by molar-refractivity contribution is 0.134. The molecular weight excluding hydrogens is 236 g/mol. The molecule has 1 aliphatic heterocycles. The highest BCUT2D eigenvalue weighted by Crippen LogP contribution is 2.21. The van der Waals surface area contributed by atoms with E-state index >= 15 is 0 Å². The fraction of sp³-hybridized carbons (Fsp3) is 0.400. The molecule has 1 heterocycles. The zero-order valence-electron chi connectivity index (χ0n) is 8.07. The van der Waals surface area contributed by atoms with Crippen LogP contribution in [0, 0.1) is 0 Å². The number of benzene rings is 1. The Labute approximate surface area is 93.4 Å². The van der Waals surface area contributed by atoms with E-state index in [9.17, 15) is 8.42 Å². The Morgan fingerprint density at radius 3 is 2.73 bits per heavy atom. The fourth-order valence-corrected chi connectivity index (χ4v) is 2.33. The molecule has 0 saturated carbocycles. The van der Waals surface area contributed by atoms with Gasteiger partial charge in [-0.25, -0.2) is 8.42 Å². The van der Waals surface area contributed by atoms with Gasteiger partial charge in [0.15, 0.2) is 0 Å². The van der Waals surface area contributed by atoms with Gasteiger partial charge in [-0.15, -0.1) is 0 Å². The minimum Gasteiger partial charge on any atom is -0.372 e. The van der Waals surface area contributed by atoms with Crippen LogP contribution >= 0.6 is 10.7 Å². The number of hydrogen-bond donors (Lipinski definition) is 0. The molecule has 82 valence electrons. The highest BCUT2D eigenvalue weighted by atomic mass is 35.7. The van der Waals surface area contributed by atoms with E-state index in [1.807, 2.05) is 18.2 Å². The lowest BCUT2D eigenvalue weighted by Crippen LogP contribution is -2.01. The first-order chi connectivity index (χ1) is 7.04. The number of hydrogen-bond acceptors (Lipinski definition) is 3. The predicted molar refractivity (Wildman–Crippen MR) is 58.3 cm³/mol. The molecule has 15 heavy (non-hydrogen) atoms. The number of fused-ring (bicyclic) bond motifs is 1. The summed E-state index contributed by atoms with van der Waals surface area (Å²) in [6.45, 7) is 1.28. The molecule has 0 bridgehead atoms. The van der Waals surface area contributed by atoms with E-state index in [1.165, 1.54) is 5.56 Å². The van der Waals surface area contributed by atoms with Crippen LogP contribution in [-0.4, -0.2) is 14.2 Å². The van der Waals surface area contributed by atoms with E-state index in [0.717, 1.165) is 11.1 Å². The quantitative estimate of drug-likeness (QED) is 0.765. The highest BCUT2D eigenvalue weighted by Gasteiger charge is 2.12. The molecule has 0 spiro atoms. The molecule has 0 aromatic heterocycles. The summed E-state index contributed by atoms with van der Waals surface area (Å²) >= 11 is 0. The van der Waals surface area contributed by atoms with Crippen LogP contribution < -0.4 is 0 Å². The zero-order valence-corrected chi connectivity index (χ0v) is 9.64. The van der Waals surface area contributed by atoms with Gasteiger partial charge in [0.2, 0.25) is 9.05 Å². The largest absolute Gasteiger partial charge is 0.372 e. The maximum absolute atomic E-state index is 10.8. The number of rotatable bonds is 3. The van der Waals surface area contributed by atoms with E-state index in [4.69, 9.17) is 15.4 Å². The van der Waals surface area contributed by atoms with Gasteiger partial charge < -0.3 is 4.74 Å². The summed E-state index contributed by atoms with van der Waals surface area (Å²) in [5.41, 5.74) is 3.33. The van der Waals surface area contributed by atoms with E-state index in [0.29, 0.717) is 19.6 Å². The maximum Gasteiger partial charge on any atom is 0.232 e. The molecule has 1 aliphatic rings. The van der Waals surface area contributed by atoms with Crippen LogP contribution in [0.2, 0.25) is 0 Å². The lowest BCUT2D eigenvalue weighted by atomic mass is 10.1. The van der Waals surface area contributed by atoms with Crippen LogP contribution in [-0.2, 0) is 33.4 Å². The van der Waals surface area contributed by atoms with Crippen molar-refractivity contribution < 1.29 is 13.2 Å². The van der Waals surface area contributed by atoms with Crippen LogP contribution in [0.1, 0.15) is 16.7 Å². The topological polar surface area (TPSA) is 43.4 Å². The van der Waals surface area contributed by atoms with Gasteiger partial charge in [-0.2, -0.15) is 0 Å². The molecule has 0 N–H and O–H groups in total. The minimum absolute atomic E-state index is 0.0196. The Morgan fingerprint density at radius 1 is 1.27 bits per heavy atom. The van der Waals surface area contributed by atoms with Gasteiger partial charge in [-0.05, 0) is 23.1 Å². The molecule has 1 aromatic rings. The van der Waals surface area contributed by atoms with Crippen molar-refractivity contribution in [1.29, 1.82) is 0 Å². The van der Waals surface area contributed by atoms with Crippen LogP contribution in [0.25, 0.3) is 0 Å². The minimum atomic E-state index is -3.40. The highest BCUT2D eigenvalue weighted by molar-refractivity contribution is 8.13. The normalized spacial score (nSPS) is 15.3. The standard InChI is InChI=1S/C10H11ClO3S/c11-15(12,13)4-3-8-1-2-9-6-14-7-10(9)5-8/h1-2,5H,3-4,6-7H2. The van der Waals surface area contributed by atoms with Gasteiger partial charge >= 0.3 is 0 Å². The summed E-state index contributed by atoms with van der Waals surface area (Å²) < 4.78 is 26.8. The molecule has 5 heteroatoms. The Hall–Kier alpha value is -0.580. The van der Waals surface area contributed by atoms with Crippen LogP contribution in [0.15, 0.2) is 18.2 Å². The lowest BCUT2D eigenvalue weighted by Gasteiger charge is -2.02. The Morgan fingerprint density at radius 2 is 2.00 bits per heavy atom. The first kappa shape index (κ1) is 10.9. The summed E-state index contributed by atoms with van der Waals surface area (Å²) in [6.07, 6.45) is 0.457. The van der Waals surface area contributed by atoms with Crippen molar-refractivity contribution in [3.8, 4) is 0 Å². The van der Waals surface area contributed by atoms with Gasteiger partial charge in [-0.3, -0.25) is 0 Å². The Kier molecular flexibility index (Phi) is 3.00. The number of aryl methyl sites for hydroxylation is 1. The van der Waals surface area contributed by atoms with Crippen molar-refractivity contribution in [3.63, 3.8) is 0 Å². The summed E-state index contributed by atoms with van der Waals surface area (Å²) in [6, 6.07) is 5.90. The molecular formula is C10H11ClO3S. The third-order valence-corrected chi connectivity index (χ3v) is 3.58. The molecule has 0 amide bonds. The van der Waals surface area contributed by atoms with Crippen molar-refractivity contribution in [1.82, 2.24) is 0 Å². The van der Waals surface area contributed by atoms with Crippen molar-refractivity contribution in [2.75, 3.05) is 5.75 Å². The van der Waals surface area contributed by atoms with Gasteiger partial charge in [0.05, 0.1) is 19.0 Å². The predicted octanol–water partition coefficient (Wildman–Crippen LogP) is 1.83. The molecule has 2 rings (SSSR count). The fourth-order valence-electron chi connectivity index (χ4n) is 1.62.